The normalized spacial score (nSPS) is 14.5. The Balaban J connectivity index is 1.58. The molecule has 2 N–H and O–H groups in total. The highest BCUT2D eigenvalue weighted by atomic mass is 32.1. The van der Waals surface area contributed by atoms with Gasteiger partial charge in [-0.05, 0) is 31.9 Å². The lowest BCUT2D eigenvalue weighted by molar-refractivity contribution is 0.0953. The third-order valence-corrected chi connectivity index (χ3v) is 5.11. The standard InChI is InChI=1S/C19H17N5O3S/c1-11-15-13(23-24-17(25)12-5-7-20-8-6-12)3-2-4-14(15)27-16(11)18(26)22-19-21-9-10-28-19/h5-10H,2-4H2,1H3,(H,24,25)(H,21,22,26)/b23-13+. The Morgan fingerprint density at radius 3 is 2.75 bits per heavy atom. The van der Waals surface area contributed by atoms with E-state index < -0.39 is 0 Å². The largest absolute Gasteiger partial charge is 0.455 e. The molecule has 0 saturated heterocycles. The van der Waals surface area contributed by atoms with Crippen molar-refractivity contribution in [2.45, 2.75) is 26.2 Å². The van der Waals surface area contributed by atoms with Crippen LogP contribution in [-0.4, -0.2) is 27.5 Å². The van der Waals surface area contributed by atoms with Crippen LogP contribution < -0.4 is 10.7 Å². The fourth-order valence-electron chi connectivity index (χ4n) is 3.12. The number of rotatable bonds is 4. The molecule has 1 aliphatic rings. The molecule has 0 aliphatic heterocycles. The molecule has 3 heterocycles. The Morgan fingerprint density at radius 1 is 1.18 bits per heavy atom. The zero-order valence-corrected chi connectivity index (χ0v) is 15.9. The molecule has 9 heteroatoms. The van der Waals surface area contributed by atoms with E-state index in [1.54, 1.807) is 36.1 Å². The number of hydrogen-bond donors (Lipinski definition) is 2. The van der Waals surface area contributed by atoms with E-state index >= 15 is 0 Å². The number of carbonyl (C=O) groups excluding carboxylic acids is 2. The number of thiazole rings is 1. The summed E-state index contributed by atoms with van der Waals surface area (Å²) < 4.78 is 5.83. The number of furan rings is 1. The third-order valence-electron chi connectivity index (χ3n) is 4.42. The quantitative estimate of drug-likeness (QED) is 0.660. The molecule has 0 radical (unpaired) electrons. The molecule has 0 saturated carbocycles. The zero-order valence-electron chi connectivity index (χ0n) is 15.1. The number of fused-ring (bicyclic) bond motifs is 1. The van der Waals surface area contributed by atoms with E-state index in [0.717, 1.165) is 18.4 Å². The SMILES string of the molecule is Cc1c(C(=O)Nc2nccs2)oc2c1/C(=N/NC(=O)c1ccncc1)CCC2. The van der Waals surface area contributed by atoms with Crippen molar-refractivity contribution in [3.05, 3.63) is 64.3 Å². The number of aryl methyl sites for hydroxylation is 1. The second kappa shape index (κ2) is 7.73. The first-order valence-electron chi connectivity index (χ1n) is 8.74. The van der Waals surface area contributed by atoms with Crippen LogP contribution in [0.1, 0.15) is 50.6 Å². The summed E-state index contributed by atoms with van der Waals surface area (Å²) in [5.41, 5.74) is 5.27. The summed E-state index contributed by atoms with van der Waals surface area (Å²) in [5, 5.41) is 9.33. The highest BCUT2D eigenvalue weighted by Crippen LogP contribution is 2.30. The maximum absolute atomic E-state index is 12.6. The first kappa shape index (κ1) is 18.1. The Hall–Kier alpha value is -3.33. The predicted octanol–water partition coefficient (Wildman–Crippen LogP) is 3.16. The van der Waals surface area contributed by atoms with Crippen molar-refractivity contribution in [3.8, 4) is 0 Å². The Bertz CT molecular complexity index is 1040. The number of hydrogen-bond acceptors (Lipinski definition) is 7. The maximum Gasteiger partial charge on any atom is 0.293 e. The molecule has 0 spiro atoms. The minimum Gasteiger partial charge on any atom is -0.455 e. The van der Waals surface area contributed by atoms with Gasteiger partial charge in [0.05, 0.1) is 5.71 Å². The minimum absolute atomic E-state index is 0.246. The van der Waals surface area contributed by atoms with Gasteiger partial charge in [0.1, 0.15) is 5.76 Å². The van der Waals surface area contributed by atoms with Gasteiger partial charge in [0.15, 0.2) is 10.9 Å². The van der Waals surface area contributed by atoms with E-state index in [4.69, 9.17) is 4.42 Å². The molecule has 0 aromatic carbocycles. The molecule has 0 unspecified atom stereocenters. The summed E-state index contributed by atoms with van der Waals surface area (Å²) in [6.45, 7) is 1.82. The van der Waals surface area contributed by atoms with Gasteiger partial charge in [0.25, 0.3) is 11.8 Å². The highest BCUT2D eigenvalue weighted by molar-refractivity contribution is 7.13. The van der Waals surface area contributed by atoms with Gasteiger partial charge in [0, 0.05) is 47.1 Å². The molecule has 0 bridgehead atoms. The molecule has 28 heavy (non-hydrogen) atoms. The van der Waals surface area contributed by atoms with Gasteiger partial charge in [-0.2, -0.15) is 5.10 Å². The van der Waals surface area contributed by atoms with Crippen LogP contribution in [0, 0.1) is 6.92 Å². The molecule has 2 amide bonds. The minimum atomic E-state index is -0.345. The van der Waals surface area contributed by atoms with Crippen LogP contribution in [0.3, 0.4) is 0 Å². The summed E-state index contributed by atoms with van der Waals surface area (Å²) in [6, 6.07) is 3.23. The predicted molar refractivity (Wildman–Crippen MR) is 105 cm³/mol. The number of nitrogens with zero attached hydrogens (tertiary/aromatic N) is 3. The Labute approximate surface area is 164 Å². The summed E-state index contributed by atoms with van der Waals surface area (Å²) in [6.07, 6.45) is 6.96. The van der Waals surface area contributed by atoms with Crippen molar-refractivity contribution in [1.29, 1.82) is 0 Å². The molecular weight excluding hydrogens is 378 g/mol. The van der Waals surface area contributed by atoms with Gasteiger partial charge < -0.3 is 4.42 Å². The lowest BCUT2D eigenvalue weighted by atomic mass is 9.93. The number of anilines is 1. The second-order valence-corrected chi connectivity index (χ2v) is 7.13. The smallest absolute Gasteiger partial charge is 0.293 e. The van der Waals surface area contributed by atoms with E-state index in [1.807, 2.05) is 6.92 Å². The average molecular weight is 395 g/mol. The zero-order chi connectivity index (χ0) is 19.5. The number of carbonyl (C=O) groups is 2. The van der Waals surface area contributed by atoms with E-state index in [0.29, 0.717) is 34.2 Å². The monoisotopic (exact) mass is 395 g/mol. The number of pyridine rings is 1. The molecule has 142 valence electrons. The Morgan fingerprint density at radius 2 is 2.00 bits per heavy atom. The maximum atomic E-state index is 12.6. The van der Waals surface area contributed by atoms with E-state index in [-0.39, 0.29) is 17.6 Å². The van der Waals surface area contributed by atoms with Gasteiger partial charge in [0.2, 0.25) is 0 Å². The Kier molecular flexibility index (Phi) is 4.98. The van der Waals surface area contributed by atoms with Crippen LogP contribution in [-0.2, 0) is 6.42 Å². The van der Waals surface area contributed by atoms with Gasteiger partial charge in [-0.1, -0.05) is 0 Å². The van der Waals surface area contributed by atoms with Crippen LogP contribution in [0.2, 0.25) is 0 Å². The van der Waals surface area contributed by atoms with Crippen molar-refractivity contribution in [1.82, 2.24) is 15.4 Å². The first-order valence-corrected chi connectivity index (χ1v) is 9.62. The topological polar surface area (TPSA) is 109 Å². The molecule has 4 rings (SSSR count). The number of aromatic nitrogens is 2. The number of amides is 2. The molecular formula is C19H17N5O3S. The highest BCUT2D eigenvalue weighted by Gasteiger charge is 2.28. The van der Waals surface area contributed by atoms with Gasteiger partial charge in [-0.3, -0.25) is 19.9 Å². The lowest BCUT2D eigenvalue weighted by Crippen LogP contribution is -2.22. The molecule has 3 aromatic rings. The fourth-order valence-corrected chi connectivity index (χ4v) is 3.65. The fraction of sp³-hybridized carbons (Fsp3) is 0.211. The summed E-state index contributed by atoms with van der Waals surface area (Å²) in [7, 11) is 0. The van der Waals surface area contributed by atoms with E-state index in [2.05, 4.69) is 25.8 Å². The van der Waals surface area contributed by atoms with Crippen LogP contribution >= 0.6 is 11.3 Å². The van der Waals surface area contributed by atoms with Gasteiger partial charge in [-0.25, -0.2) is 10.4 Å². The first-order chi connectivity index (χ1) is 13.6. The third kappa shape index (κ3) is 3.56. The van der Waals surface area contributed by atoms with Gasteiger partial charge >= 0.3 is 0 Å². The molecule has 1 aliphatic carbocycles. The lowest BCUT2D eigenvalue weighted by Gasteiger charge is -2.13. The number of hydrazone groups is 1. The van der Waals surface area contributed by atoms with Crippen molar-refractivity contribution in [2.75, 3.05) is 5.32 Å². The van der Waals surface area contributed by atoms with Crippen LogP contribution in [0.15, 0.2) is 45.6 Å². The van der Waals surface area contributed by atoms with E-state index in [9.17, 15) is 9.59 Å². The summed E-state index contributed by atoms with van der Waals surface area (Å²) in [5.74, 6) is 0.298. The second-order valence-electron chi connectivity index (χ2n) is 6.23. The number of nitrogens with one attached hydrogen (secondary N) is 2. The van der Waals surface area contributed by atoms with Crippen LogP contribution in [0.4, 0.5) is 5.13 Å². The van der Waals surface area contributed by atoms with Crippen molar-refractivity contribution >= 4 is 34.0 Å². The van der Waals surface area contributed by atoms with Crippen LogP contribution in [0.25, 0.3) is 0 Å². The van der Waals surface area contributed by atoms with Crippen LogP contribution in [0.5, 0.6) is 0 Å². The molecule has 8 nitrogen and oxygen atoms in total. The van der Waals surface area contributed by atoms with Crippen molar-refractivity contribution < 1.29 is 14.0 Å². The molecule has 0 fully saturated rings. The summed E-state index contributed by atoms with van der Waals surface area (Å²) in [4.78, 5) is 32.7. The van der Waals surface area contributed by atoms with Gasteiger partial charge in [-0.15, -0.1) is 11.3 Å². The van der Waals surface area contributed by atoms with Crippen molar-refractivity contribution in [2.24, 2.45) is 5.10 Å². The summed E-state index contributed by atoms with van der Waals surface area (Å²) >= 11 is 1.34. The van der Waals surface area contributed by atoms with E-state index in [1.165, 1.54) is 11.3 Å². The average Bonchev–Trinajstić information content (AvgIpc) is 3.35. The molecule has 3 aromatic heterocycles. The van der Waals surface area contributed by atoms with Crippen molar-refractivity contribution in [3.63, 3.8) is 0 Å². The molecule has 0 atom stereocenters.